The summed E-state index contributed by atoms with van der Waals surface area (Å²) in [6.07, 6.45) is 0.695. The highest BCUT2D eigenvalue weighted by molar-refractivity contribution is 6.26. The van der Waals surface area contributed by atoms with E-state index in [1.54, 1.807) is 17.0 Å². The molecule has 190 valence electrons. The third kappa shape index (κ3) is 3.93. The standard InChI is InChI=1S/C32H29N3O3/c1-19-10-13-23(14-11-19)33-27-17-21(3)35(28-15-12-20(2)16-26(27)28)29(36)18-34-31(37)24-8-4-6-22-7-5-9-25(30(22)24)32(34)38/h4-16,21,27,33H,17-18H2,1-3H3/t21-,27+/m1/s1. The Bertz CT molecular complexity index is 1560. The normalized spacial score (nSPS) is 18.5. The molecule has 6 nitrogen and oxygen atoms in total. The maximum Gasteiger partial charge on any atom is 0.261 e. The smallest absolute Gasteiger partial charge is 0.261 e. The second kappa shape index (κ2) is 9.14. The van der Waals surface area contributed by atoms with Crippen molar-refractivity contribution in [1.29, 1.82) is 0 Å². The second-order valence-corrected chi connectivity index (χ2v) is 10.4. The molecule has 0 aromatic heterocycles. The van der Waals surface area contributed by atoms with Gasteiger partial charge in [-0.05, 0) is 68.5 Å². The van der Waals surface area contributed by atoms with E-state index in [0.717, 1.165) is 32.8 Å². The molecule has 0 spiro atoms. The summed E-state index contributed by atoms with van der Waals surface area (Å²) in [6.45, 7) is 5.80. The van der Waals surface area contributed by atoms with Gasteiger partial charge in [-0.25, -0.2) is 0 Å². The molecule has 2 atom stereocenters. The molecule has 0 bridgehead atoms. The lowest BCUT2D eigenvalue weighted by Crippen LogP contribution is -2.51. The van der Waals surface area contributed by atoms with Gasteiger partial charge in [-0.15, -0.1) is 0 Å². The summed E-state index contributed by atoms with van der Waals surface area (Å²) in [5, 5.41) is 5.14. The minimum atomic E-state index is -0.430. The average molecular weight is 504 g/mol. The minimum absolute atomic E-state index is 0.0226. The third-order valence-corrected chi connectivity index (χ3v) is 7.65. The van der Waals surface area contributed by atoms with Crippen LogP contribution in [0.15, 0.2) is 78.9 Å². The van der Waals surface area contributed by atoms with E-state index >= 15 is 0 Å². The number of carbonyl (C=O) groups excluding carboxylic acids is 3. The number of anilines is 2. The number of hydrogen-bond acceptors (Lipinski definition) is 4. The number of hydrogen-bond donors (Lipinski definition) is 1. The molecular formula is C32H29N3O3. The van der Waals surface area contributed by atoms with Crippen LogP contribution in [0, 0.1) is 13.8 Å². The van der Waals surface area contributed by atoms with E-state index in [4.69, 9.17) is 0 Å². The van der Waals surface area contributed by atoms with Gasteiger partial charge in [0.05, 0.1) is 6.04 Å². The number of imide groups is 1. The van der Waals surface area contributed by atoms with E-state index in [1.807, 2.05) is 50.2 Å². The highest BCUT2D eigenvalue weighted by atomic mass is 16.2. The van der Waals surface area contributed by atoms with Gasteiger partial charge in [-0.2, -0.15) is 0 Å². The topological polar surface area (TPSA) is 69.7 Å². The molecule has 4 aromatic carbocycles. The van der Waals surface area contributed by atoms with Crippen molar-refractivity contribution >= 4 is 39.9 Å². The zero-order chi connectivity index (χ0) is 26.6. The molecule has 4 aromatic rings. The van der Waals surface area contributed by atoms with Gasteiger partial charge < -0.3 is 10.2 Å². The van der Waals surface area contributed by atoms with E-state index < -0.39 is 11.8 Å². The van der Waals surface area contributed by atoms with Crippen molar-refractivity contribution in [2.75, 3.05) is 16.8 Å². The molecule has 3 amide bonds. The molecule has 1 N–H and O–H groups in total. The summed E-state index contributed by atoms with van der Waals surface area (Å²) in [4.78, 5) is 43.5. The van der Waals surface area contributed by atoms with E-state index in [9.17, 15) is 14.4 Å². The van der Waals surface area contributed by atoms with Gasteiger partial charge in [0, 0.05) is 33.9 Å². The lowest BCUT2D eigenvalue weighted by atomic mass is 9.90. The maximum absolute atomic E-state index is 13.8. The number of nitrogens with zero attached hydrogens (tertiary/aromatic N) is 2. The van der Waals surface area contributed by atoms with E-state index in [-0.39, 0.29) is 24.5 Å². The summed E-state index contributed by atoms with van der Waals surface area (Å²) in [5.74, 6) is -1.13. The van der Waals surface area contributed by atoms with Gasteiger partial charge in [-0.1, -0.05) is 59.7 Å². The quantitative estimate of drug-likeness (QED) is 0.345. The number of benzene rings is 4. The monoisotopic (exact) mass is 503 g/mol. The molecule has 6 rings (SSSR count). The molecule has 0 saturated carbocycles. The second-order valence-electron chi connectivity index (χ2n) is 10.4. The predicted molar refractivity (Wildman–Crippen MR) is 150 cm³/mol. The Morgan fingerprint density at radius 3 is 2.16 bits per heavy atom. The third-order valence-electron chi connectivity index (χ3n) is 7.65. The molecule has 0 saturated heterocycles. The molecule has 0 unspecified atom stereocenters. The molecule has 0 radical (unpaired) electrons. The Kier molecular flexibility index (Phi) is 5.75. The molecule has 0 aliphatic carbocycles. The SMILES string of the molecule is Cc1ccc(N[C@H]2C[C@@H](C)N(C(=O)CN3C(=O)c4cccc5cccc(c45)C3=O)c3ccc(C)cc32)cc1. The largest absolute Gasteiger partial charge is 0.378 e. The van der Waals surface area contributed by atoms with Crippen molar-refractivity contribution in [1.82, 2.24) is 4.90 Å². The van der Waals surface area contributed by atoms with Crippen LogP contribution in [0.2, 0.25) is 0 Å². The first-order valence-corrected chi connectivity index (χ1v) is 13.0. The maximum atomic E-state index is 13.8. The van der Waals surface area contributed by atoms with E-state index in [0.29, 0.717) is 22.9 Å². The van der Waals surface area contributed by atoms with Gasteiger partial charge in [0.15, 0.2) is 0 Å². The van der Waals surface area contributed by atoms with Crippen LogP contribution in [0.5, 0.6) is 0 Å². The number of carbonyl (C=O) groups is 3. The van der Waals surface area contributed by atoms with Crippen molar-refractivity contribution in [3.05, 3.63) is 107 Å². The molecular weight excluding hydrogens is 474 g/mol. The first-order valence-electron chi connectivity index (χ1n) is 13.0. The summed E-state index contributed by atoms with van der Waals surface area (Å²) in [5.41, 5.74) is 6.07. The average Bonchev–Trinajstić information content (AvgIpc) is 2.91. The van der Waals surface area contributed by atoms with Crippen LogP contribution in [-0.2, 0) is 4.79 Å². The highest BCUT2D eigenvalue weighted by Gasteiger charge is 2.38. The van der Waals surface area contributed by atoms with Gasteiger partial charge in [-0.3, -0.25) is 19.3 Å². The fraction of sp³-hybridized carbons (Fsp3) is 0.219. The Morgan fingerprint density at radius 2 is 1.50 bits per heavy atom. The van der Waals surface area contributed by atoms with E-state index in [1.165, 1.54) is 5.56 Å². The van der Waals surface area contributed by atoms with Crippen molar-refractivity contribution in [3.8, 4) is 0 Å². The molecule has 38 heavy (non-hydrogen) atoms. The van der Waals surface area contributed by atoms with Crippen LogP contribution in [-0.4, -0.2) is 35.2 Å². The number of fused-ring (bicyclic) bond motifs is 1. The van der Waals surface area contributed by atoms with Crippen molar-refractivity contribution in [2.45, 2.75) is 39.3 Å². The van der Waals surface area contributed by atoms with Crippen LogP contribution < -0.4 is 10.2 Å². The number of nitrogens with one attached hydrogen (secondary N) is 1. The number of aryl methyl sites for hydroxylation is 2. The van der Waals surface area contributed by atoms with E-state index in [2.05, 4.69) is 42.6 Å². The summed E-state index contributed by atoms with van der Waals surface area (Å²) < 4.78 is 0. The predicted octanol–water partition coefficient (Wildman–Crippen LogP) is 6.03. The Hall–Kier alpha value is -4.45. The van der Waals surface area contributed by atoms with Crippen LogP contribution in [0.3, 0.4) is 0 Å². The summed E-state index contributed by atoms with van der Waals surface area (Å²) in [7, 11) is 0. The van der Waals surface area contributed by atoms with Crippen molar-refractivity contribution in [2.24, 2.45) is 0 Å². The van der Waals surface area contributed by atoms with Crippen LogP contribution in [0.1, 0.15) is 56.8 Å². The van der Waals surface area contributed by atoms with Crippen molar-refractivity contribution < 1.29 is 14.4 Å². The molecule has 0 fully saturated rings. The molecule has 6 heteroatoms. The Balaban J connectivity index is 1.31. The van der Waals surface area contributed by atoms with Gasteiger partial charge in [0.1, 0.15) is 6.54 Å². The van der Waals surface area contributed by atoms with Crippen molar-refractivity contribution in [3.63, 3.8) is 0 Å². The highest BCUT2D eigenvalue weighted by Crippen LogP contribution is 2.40. The zero-order valence-electron chi connectivity index (χ0n) is 21.7. The Morgan fingerprint density at radius 1 is 0.868 bits per heavy atom. The first kappa shape index (κ1) is 23.9. The number of rotatable bonds is 4. The van der Waals surface area contributed by atoms with Crippen LogP contribution >= 0.6 is 0 Å². The Labute approximate surface area is 221 Å². The zero-order valence-corrected chi connectivity index (χ0v) is 21.7. The van der Waals surface area contributed by atoms with Gasteiger partial charge in [0.2, 0.25) is 5.91 Å². The fourth-order valence-electron chi connectivity index (χ4n) is 5.79. The number of amides is 3. The fourth-order valence-corrected chi connectivity index (χ4v) is 5.79. The molecule has 2 heterocycles. The van der Waals surface area contributed by atoms with Crippen LogP contribution in [0.4, 0.5) is 11.4 Å². The minimum Gasteiger partial charge on any atom is -0.378 e. The molecule has 2 aliphatic heterocycles. The first-order chi connectivity index (χ1) is 18.3. The lowest BCUT2D eigenvalue weighted by Gasteiger charge is -2.41. The summed E-state index contributed by atoms with van der Waals surface area (Å²) in [6, 6.07) is 25.1. The van der Waals surface area contributed by atoms with Crippen LogP contribution in [0.25, 0.3) is 10.8 Å². The lowest BCUT2D eigenvalue weighted by molar-refractivity contribution is -0.119. The van der Waals surface area contributed by atoms with Gasteiger partial charge >= 0.3 is 0 Å². The molecule has 2 aliphatic rings. The summed E-state index contributed by atoms with van der Waals surface area (Å²) >= 11 is 0. The van der Waals surface area contributed by atoms with Gasteiger partial charge in [0.25, 0.3) is 11.8 Å².